The molecule has 396 valence electrons. The average Bonchev–Trinajstić information content (AvgIpc) is 3.83. The largest absolute Gasteiger partial charge is 0.469 e. The quantitative estimate of drug-likeness (QED) is 0.0387. The van der Waals surface area contributed by atoms with Gasteiger partial charge in [-0.05, 0) is 267 Å². The average molecular weight is 971 g/mol. The summed E-state index contributed by atoms with van der Waals surface area (Å²) in [6, 6.07) is 1.26. The van der Waals surface area contributed by atoms with E-state index in [-0.39, 0.29) is 12.1 Å². The van der Waals surface area contributed by atoms with E-state index in [0.717, 1.165) is 112 Å². The Labute approximate surface area is 424 Å². The standard InChI is InChI=1S/C51H88N2O3.C7H19N3.CH4S/c1-33(12-17-46(55)56-8)39-15-16-40-37-14-13-35-31-36(19-26-48(35,4)41(37)21-27-50(39,40)6)53-30-29-52-34(2)18-24-47(3)25-20-43-38-32-45(54)44-11-9-10-23-49(44,5)42(38)22-28-51(43,47)7;8-4-1-2-6-10-7-3-5-9;1-2/h33-45,52-54H,9-32H2,1-8H3;10H,1-9H2;2H,1H3/t33-,34?,35+,36-,37?,38?,39?,40?,41?,42?,43?,44?,45?,47+,48?,49?,50?,51?;;/m1../s1. The van der Waals surface area contributed by atoms with Crippen LogP contribution >= 0.6 is 12.6 Å². The van der Waals surface area contributed by atoms with E-state index in [1.165, 1.54) is 136 Å². The van der Waals surface area contributed by atoms with Gasteiger partial charge in [0.2, 0.25) is 0 Å². The summed E-state index contributed by atoms with van der Waals surface area (Å²) < 4.78 is 4.99. The second-order valence-corrected chi connectivity index (χ2v) is 26.3. The summed E-state index contributed by atoms with van der Waals surface area (Å²) in [6.07, 6.45) is 34.0. The molecular formula is C59H111N5O3S. The highest BCUT2D eigenvalue weighted by molar-refractivity contribution is 7.79. The first-order chi connectivity index (χ1) is 32.6. The molecule has 0 amide bonds. The number of hydrogen-bond donors (Lipinski definition) is 7. The Hall–Kier alpha value is -0.420. The van der Waals surface area contributed by atoms with Crippen molar-refractivity contribution in [3.05, 3.63) is 0 Å². The molecule has 0 aromatic carbocycles. The van der Waals surface area contributed by atoms with Gasteiger partial charge in [0.05, 0.1) is 13.2 Å². The minimum Gasteiger partial charge on any atom is -0.469 e. The Morgan fingerprint density at radius 1 is 0.676 bits per heavy atom. The Kier molecular flexibility index (Phi) is 21.1. The fourth-order valence-corrected chi connectivity index (χ4v) is 19.2. The Morgan fingerprint density at radius 2 is 1.37 bits per heavy atom. The van der Waals surface area contributed by atoms with Crippen LogP contribution in [0.5, 0.6) is 0 Å². The van der Waals surface area contributed by atoms with Crippen LogP contribution < -0.4 is 27.4 Å². The molecule has 8 aliphatic rings. The maximum absolute atomic E-state index is 11.9. The lowest BCUT2D eigenvalue weighted by Gasteiger charge is -2.63. The summed E-state index contributed by atoms with van der Waals surface area (Å²) in [5.41, 5.74) is 12.9. The summed E-state index contributed by atoms with van der Waals surface area (Å²) in [6.45, 7) is 24.1. The first-order valence-corrected chi connectivity index (χ1v) is 30.2. The van der Waals surface area contributed by atoms with Crippen LogP contribution in [0.25, 0.3) is 0 Å². The molecule has 0 aromatic rings. The minimum absolute atomic E-state index is 0.0375. The van der Waals surface area contributed by atoms with Crippen molar-refractivity contribution >= 4 is 18.6 Å². The van der Waals surface area contributed by atoms with E-state index in [4.69, 9.17) is 16.2 Å². The van der Waals surface area contributed by atoms with Crippen LogP contribution in [0.1, 0.15) is 209 Å². The Balaban J connectivity index is 0.000000565. The number of aliphatic hydroxyl groups is 1. The zero-order chi connectivity index (χ0) is 49.3. The zero-order valence-electron chi connectivity index (χ0n) is 45.8. The number of hydrogen-bond acceptors (Lipinski definition) is 9. The molecule has 0 aromatic heterocycles. The van der Waals surface area contributed by atoms with Crippen LogP contribution in [0.4, 0.5) is 0 Å². The number of fused-ring (bicyclic) bond motifs is 10. The molecule has 9 heteroatoms. The predicted molar refractivity (Wildman–Crippen MR) is 290 cm³/mol. The van der Waals surface area contributed by atoms with Crippen LogP contribution in [0, 0.1) is 86.3 Å². The lowest BCUT2D eigenvalue weighted by Crippen LogP contribution is -2.57. The molecule has 68 heavy (non-hydrogen) atoms. The molecule has 14 unspecified atom stereocenters. The fourth-order valence-electron chi connectivity index (χ4n) is 19.2. The van der Waals surface area contributed by atoms with Crippen LogP contribution in [-0.2, 0) is 9.53 Å². The van der Waals surface area contributed by atoms with Gasteiger partial charge in [0.1, 0.15) is 0 Å². The maximum atomic E-state index is 11.9. The molecule has 0 heterocycles. The molecule has 8 aliphatic carbocycles. The second-order valence-electron chi connectivity index (χ2n) is 26.3. The van der Waals surface area contributed by atoms with Gasteiger partial charge in [0.15, 0.2) is 0 Å². The minimum atomic E-state index is -0.0579. The number of nitrogens with one attached hydrogen (secondary N) is 3. The molecule has 8 N–H and O–H groups in total. The third-order valence-electron chi connectivity index (χ3n) is 23.4. The van der Waals surface area contributed by atoms with Crippen LogP contribution in [0.2, 0.25) is 0 Å². The predicted octanol–water partition coefficient (Wildman–Crippen LogP) is 11.6. The molecule has 8 saturated carbocycles. The van der Waals surface area contributed by atoms with Crippen LogP contribution in [-0.4, -0.2) is 81.9 Å². The van der Waals surface area contributed by atoms with Crippen LogP contribution in [0.15, 0.2) is 0 Å². The number of aliphatic hydroxyl groups excluding tert-OH is 1. The summed E-state index contributed by atoms with van der Waals surface area (Å²) >= 11 is 3.53. The molecule has 8 fully saturated rings. The zero-order valence-corrected chi connectivity index (χ0v) is 46.7. The number of thiol groups is 1. The Morgan fingerprint density at radius 3 is 2.12 bits per heavy atom. The van der Waals surface area contributed by atoms with Crippen molar-refractivity contribution in [2.75, 3.05) is 52.6 Å². The molecular weight excluding hydrogens is 859 g/mol. The van der Waals surface area contributed by atoms with E-state index in [1.807, 2.05) is 0 Å². The SMILES string of the molecule is COC(=O)CC[C@@H](C)C1CCC2C3CC[C@H]4C[C@H](NCCNC(C)CC[C@@]5(C)CCC6C7CC(O)C8CCCCC8(C)C7CCC65C)CCC4(C)C3CCC21C.CS.NCCCCNCCCN. The van der Waals surface area contributed by atoms with E-state index >= 15 is 0 Å². The van der Waals surface area contributed by atoms with Crippen molar-refractivity contribution in [1.29, 1.82) is 0 Å². The lowest BCUT2D eigenvalue weighted by molar-refractivity contribution is -0.165. The normalized spacial score (nSPS) is 43.3. The van der Waals surface area contributed by atoms with E-state index in [0.29, 0.717) is 57.4 Å². The molecule has 8 nitrogen and oxygen atoms in total. The second kappa shape index (κ2) is 25.2. The van der Waals surface area contributed by atoms with Crippen molar-refractivity contribution in [2.24, 2.45) is 97.7 Å². The Bertz CT molecular complexity index is 1530. The van der Waals surface area contributed by atoms with Gasteiger partial charge in [-0.15, -0.1) is 0 Å². The highest BCUT2D eigenvalue weighted by Crippen LogP contribution is 2.72. The molecule has 0 spiro atoms. The summed E-state index contributed by atoms with van der Waals surface area (Å²) in [5, 5.41) is 22.8. The lowest BCUT2D eigenvalue weighted by atomic mass is 9.43. The van der Waals surface area contributed by atoms with Crippen molar-refractivity contribution < 1.29 is 14.6 Å². The first-order valence-electron chi connectivity index (χ1n) is 29.4. The number of ether oxygens (including phenoxy) is 1. The van der Waals surface area contributed by atoms with E-state index in [2.05, 4.69) is 77.0 Å². The van der Waals surface area contributed by atoms with Gasteiger partial charge in [-0.25, -0.2) is 0 Å². The third kappa shape index (κ3) is 11.9. The number of rotatable bonds is 19. The van der Waals surface area contributed by atoms with Crippen molar-refractivity contribution in [1.82, 2.24) is 16.0 Å². The highest BCUT2D eigenvalue weighted by atomic mass is 32.1. The van der Waals surface area contributed by atoms with Crippen molar-refractivity contribution in [2.45, 2.75) is 227 Å². The fraction of sp³-hybridized carbons (Fsp3) is 0.983. The summed E-state index contributed by atoms with van der Waals surface area (Å²) in [7, 11) is 1.53. The van der Waals surface area contributed by atoms with Gasteiger partial charge >= 0.3 is 5.97 Å². The van der Waals surface area contributed by atoms with Crippen molar-refractivity contribution in [3.63, 3.8) is 0 Å². The number of carbonyl (C=O) groups is 1. The highest BCUT2D eigenvalue weighted by Gasteiger charge is 2.64. The number of nitrogens with two attached hydrogens (primary N) is 2. The van der Waals surface area contributed by atoms with Gasteiger partial charge in [0.25, 0.3) is 0 Å². The summed E-state index contributed by atoms with van der Waals surface area (Å²) in [4.78, 5) is 11.9. The number of carbonyl (C=O) groups excluding carboxylic acids is 1. The van der Waals surface area contributed by atoms with Gasteiger partial charge in [0, 0.05) is 31.6 Å². The molecule has 8 rings (SSSR count). The number of esters is 1. The topological polar surface area (TPSA) is 135 Å². The molecule has 0 radical (unpaired) electrons. The summed E-state index contributed by atoms with van der Waals surface area (Å²) in [5.74, 6) is 7.94. The van der Waals surface area contributed by atoms with E-state index < -0.39 is 0 Å². The van der Waals surface area contributed by atoms with E-state index in [1.54, 1.807) is 6.26 Å². The number of unbranched alkanes of at least 4 members (excludes halogenated alkanes) is 1. The van der Waals surface area contributed by atoms with Gasteiger partial charge < -0.3 is 37.3 Å². The molecule has 0 saturated heterocycles. The monoisotopic (exact) mass is 970 g/mol. The van der Waals surface area contributed by atoms with Crippen LogP contribution in [0.3, 0.4) is 0 Å². The molecule has 0 aliphatic heterocycles. The number of methoxy groups -OCH3 is 1. The molecule has 0 bridgehead atoms. The van der Waals surface area contributed by atoms with Gasteiger partial charge in [-0.1, -0.05) is 54.4 Å². The first kappa shape index (κ1) is 56.9. The molecule has 18 atom stereocenters. The van der Waals surface area contributed by atoms with E-state index in [9.17, 15) is 9.90 Å². The smallest absolute Gasteiger partial charge is 0.305 e. The third-order valence-corrected chi connectivity index (χ3v) is 23.4. The maximum Gasteiger partial charge on any atom is 0.305 e. The van der Waals surface area contributed by atoms with Crippen molar-refractivity contribution in [3.8, 4) is 0 Å². The van der Waals surface area contributed by atoms with Gasteiger partial charge in [-0.2, -0.15) is 12.6 Å². The van der Waals surface area contributed by atoms with Gasteiger partial charge in [-0.3, -0.25) is 4.79 Å².